The van der Waals surface area contributed by atoms with Gasteiger partial charge in [-0.1, -0.05) is 30.3 Å². The minimum absolute atomic E-state index is 0.0584. The molecule has 0 aromatic heterocycles. The molecule has 1 unspecified atom stereocenters. The molecule has 7 nitrogen and oxygen atoms in total. The molecule has 0 spiro atoms. The van der Waals surface area contributed by atoms with Gasteiger partial charge >= 0.3 is 0 Å². The highest BCUT2D eigenvalue weighted by Gasteiger charge is 2.28. The first-order valence-electron chi connectivity index (χ1n) is 12.0. The summed E-state index contributed by atoms with van der Waals surface area (Å²) in [5.74, 6) is 1.75. The fourth-order valence-corrected chi connectivity index (χ4v) is 4.50. The van der Waals surface area contributed by atoms with Gasteiger partial charge in [-0.3, -0.25) is 14.5 Å². The van der Waals surface area contributed by atoms with E-state index in [1.807, 2.05) is 49.4 Å². The number of anilines is 1. The first kappa shape index (κ1) is 23.1. The summed E-state index contributed by atoms with van der Waals surface area (Å²) >= 11 is 0. The van der Waals surface area contributed by atoms with Crippen LogP contribution >= 0.6 is 0 Å². The van der Waals surface area contributed by atoms with Gasteiger partial charge in [-0.25, -0.2) is 0 Å². The molecule has 2 aliphatic rings. The zero-order valence-corrected chi connectivity index (χ0v) is 19.4. The van der Waals surface area contributed by atoms with Crippen LogP contribution in [0.4, 0.5) is 5.69 Å². The Balaban J connectivity index is 1.18. The Hall–Kier alpha value is -3.06. The SMILES string of the molecule is CC1CCC(=O)N1CC(=O)NCCCN1CCN(c2ccccc2Oc2ccccc2)CC1. The van der Waals surface area contributed by atoms with Crippen LogP contribution in [0.3, 0.4) is 0 Å². The summed E-state index contributed by atoms with van der Waals surface area (Å²) in [5.41, 5.74) is 1.12. The van der Waals surface area contributed by atoms with Crippen LogP contribution in [0.15, 0.2) is 54.6 Å². The zero-order chi connectivity index (χ0) is 23.0. The Bertz CT molecular complexity index is 928. The molecule has 1 atom stereocenters. The van der Waals surface area contributed by atoms with Gasteiger partial charge < -0.3 is 19.9 Å². The highest BCUT2D eigenvalue weighted by molar-refractivity contribution is 5.86. The highest BCUT2D eigenvalue weighted by atomic mass is 16.5. The number of benzene rings is 2. The van der Waals surface area contributed by atoms with Gasteiger partial charge in [0.15, 0.2) is 5.75 Å². The maximum atomic E-state index is 12.2. The van der Waals surface area contributed by atoms with Crippen LogP contribution in [0.1, 0.15) is 26.2 Å². The van der Waals surface area contributed by atoms with E-state index in [0.29, 0.717) is 13.0 Å². The highest BCUT2D eigenvalue weighted by Crippen LogP contribution is 2.32. The van der Waals surface area contributed by atoms with Crippen LogP contribution < -0.4 is 15.0 Å². The van der Waals surface area contributed by atoms with Gasteiger partial charge in [0.25, 0.3) is 0 Å². The van der Waals surface area contributed by atoms with Crippen molar-refractivity contribution in [1.29, 1.82) is 0 Å². The van der Waals surface area contributed by atoms with Gasteiger partial charge in [-0.2, -0.15) is 0 Å². The lowest BCUT2D eigenvalue weighted by molar-refractivity contribution is -0.134. The molecule has 2 heterocycles. The van der Waals surface area contributed by atoms with Gasteiger partial charge in [-0.05, 0) is 50.6 Å². The molecule has 2 saturated heterocycles. The maximum absolute atomic E-state index is 12.2. The van der Waals surface area contributed by atoms with Crippen molar-refractivity contribution >= 4 is 17.5 Å². The second-order valence-corrected chi connectivity index (χ2v) is 8.82. The predicted octanol–water partition coefficient (Wildman–Crippen LogP) is 3.12. The second kappa shape index (κ2) is 11.2. The van der Waals surface area contributed by atoms with E-state index in [0.717, 1.165) is 62.8 Å². The molecule has 0 saturated carbocycles. The standard InChI is InChI=1S/C26H34N4O3/c1-21-12-13-26(32)30(21)20-25(31)27-14-7-15-28-16-18-29(19-17-28)23-10-5-6-11-24(23)33-22-8-3-2-4-9-22/h2-6,8-11,21H,7,12-20H2,1H3,(H,27,31). The predicted molar refractivity (Wildman–Crippen MR) is 130 cm³/mol. The number of rotatable bonds is 9. The molecule has 0 bridgehead atoms. The van der Waals surface area contributed by atoms with Crippen molar-refractivity contribution in [3.8, 4) is 11.5 Å². The fourth-order valence-electron chi connectivity index (χ4n) is 4.50. The summed E-state index contributed by atoms with van der Waals surface area (Å²) in [6.07, 6.45) is 2.31. The minimum atomic E-state index is -0.0584. The van der Waals surface area contributed by atoms with Crippen molar-refractivity contribution in [3.63, 3.8) is 0 Å². The molecule has 176 valence electrons. The van der Waals surface area contributed by atoms with E-state index in [-0.39, 0.29) is 24.4 Å². The quantitative estimate of drug-likeness (QED) is 0.595. The molecule has 2 aliphatic heterocycles. The van der Waals surface area contributed by atoms with Crippen LogP contribution in [0.25, 0.3) is 0 Å². The number of hydrogen-bond donors (Lipinski definition) is 1. The van der Waals surface area contributed by atoms with Gasteiger partial charge in [0.05, 0.1) is 12.2 Å². The van der Waals surface area contributed by atoms with Gasteiger partial charge in [0, 0.05) is 45.2 Å². The largest absolute Gasteiger partial charge is 0.455 e. The normalized spacial score (nSPS) is 19.1. The van der Waals surface area contributed by atoms with Crippen LogP contribution in [-0.2, 0) is 9.59 Å². The third-order valence-corrected chi connectivity index (χ3v) is 6.46. The van der Waals surface area contributed by atoms with Crippen LogP contribution in [0, 0.1) is 0 Å². The Morgan fingerprint density at radius 3 is 2.48 bits per heavy atom. The third kappa shape index (κ3) is 6.26. The zero-order valence-electron chi connectivity index (χ0n) is 19.4. The van der Waals surface area contributed by atoms with Crippen LogP contribution in [-0.4, -0.2) is 73.5 Å². The molecular weight excluding hydrogens is 416 g/mol. The van der Waals surface area contributed by atoms with E-state index in [1.165, 1.54) is 0 Å². The van der Waals surface area contributed by atoms with Crippen molar-refractivity contribution in [1.82, 2.24) is 15.1 Å². The lowest BCUT2D eigenvalue weighted by Crippen LogP contribution is -2.47. The van der Waals surface area contributed by atoms with E-state index in [2.05, 4.69) is 27.2 Å². The van der Waals surface area contributed by atoms with Crippen molar-refractivity contribution in [3.05, 3.63) is 54.6 Å². The van der Waals surface area contributed by atoms with E-state index in [9.17, 15) is 9.59 Å². The smallest absolute Gasteiger partial charge is 0.239 e. The summed E-state index contributed by atoms with van der Waals surface area (Å²) in [4.78, 5) is 30.5. The Labute approximate surface area is 196 Å². The van der Waals surface area contributed by atoms with E-state index >= 15 is 0 Å². The van der Waals surface area contributed by atoms with Crippen LogP contribution in [0.5, 0.6) is 11.5 Å². The maximum Gasteiger partial charge on any atom is 0.239 e. The lowest BCUT2D eigenvalue weighted by Gasteiger charge is -2.36. The summed E-state index contributed by atoms with van der Waals surface area (Å²) in [6.45, 7) is 7.62. The molecule has 0 aliphatic carbocycles. The molecule has 4 rings (SSSR count). The summed E-state index contributed by atoms with van der Waals surface area (Å²) in [6, 6.07) is 18.3. The molecule has 2 fully saturated rings. The monoisotopic (exact) mass is 450 g/mol. The summed E-state index contributed by atoms with van der Waals surface area (Å²) < 4.78 is 6.13. The minimum Gasteiger partial charge on any atom is -0.455 e. The molecule has 2 aromatic rings. The number of amides is 2. The Morgan fingerprint density at radius 1 is 1.03 bits per heavy atom. The van der Waals surface area contributed by atoms with E-state index < -0.39 is 0 Å². The first-order chi connectivity index (χ1) is 16.1. The first-order valence-corrected chi connectivity index (χ1v) is 12.0. The number of para-hydroxylation sites is 3. The number of carbonyl (C=O) groups is 2. The van der Waals surface area contributed by atoms with Crippen molar-refractivity contribution in [2.75, 3.05) is 50.7 Å². The van der Waals surface area contributed by atoms with Crippen molar-refractivity contribution in [2.24, 2.45) is 0 Å². The number of carbonyl (C=O) groups excluding carboxylic acids is 2. The summed E-state index contributed by atoms with van der Waals surface area (Å²) in [5, 5.41) is 2.97. The van der Waals surface area contributed by atoms with Gasteiger partial charge in [0.1, 0.15) is 5.75 Å². The average molecular weight is 451 g/mol. The fraction of sp³-hybridized carbons (Fsp3) is 0.462. The average Bonchev–Trinajstić information content (AvgIpc) is 3.15. The van der Waals surface area contributed by atoms with E-state index in [4.69, 9.17) is 4.74 Å². The second-order valence-electron chi connectivity index (χ2n) is 8.82. The Morgan fingerprint density at radius 2 is 1.76 bits per heavy atom. The molecule has 33 heavy (non-hydrogen) atoms. The third-order valence-electron chi connectivity index (χ3n) is 6.46. The lowest BCUT2D eigenvalue weighted by atomic mass is 10.2. The number of ether oxygens (including phenoxy) is 1. The number of likely N-dealkylation sites (tertiary alicyclic amines) is 1. The van der Waals surface area contributed by atoms with Gasteiger partial charge in [-0.15, -0.1) is 0 Å². The molecular formula is C26H34N4O3. The molecule has 0 radical (unpaired) electrons. The Kier molecular flexibility index (Phi) is 7.83. The van der Waals surface area contributed by atoms with Crippen molar-refractivity contribution in [2.45, 2.75) is 32.2 Å². The number of hydrogen-bond acceptors (Lipinski definition) is 5. The van der Waals surface area contributed by atoms with Crippen molar-refractivity contribution < 1.29 is 14.3 Å². The molecule has 2 amide bonds. The topological polar surface area (TPSA) is 65.1 Å². The summed E-state index contributed by atoms with van der Waals surface area (Å²) in [7, 11) is 0. The molecule has 1 N–H and O–H groups in total. The van der Waals surface area contributed by atoms with E-state index in [1.54, 1.807) is 4.90 Å². The molecule has 2 aromatic carbocycles. The number of piperazine rings is 1. The number of nitrogens with zero attached hydrogens (tertiary/aromatic N) is 3. The van der Waals surface area contributed by atoms with Crippen LogP contribution in [0.2, 0.25) is 0 Å². The number of nitrogens with one attached hydrogen (secondary N) is 1. The molecule has 7 heteroatoms. The van der Waals surface area contributed by atoms with Gasteiger partial charge in [0.2, 0.25) is 11.8 Å².